The third-order valence-electron chi connectivity index (χ3n) is 1.40. The van der Waals surface area contributed by atoms with Crippen molar-refractivity contribution in [2.75, 3.05) is 0 Å². The maximum Gasteiger partial charge on any atom is 0.173 e. The molecule has 0 saturated carbocycles. The molecule has 5 N–H and O–H groups in total. The van der Waals surface area contributed by atoms with E-state index in [2.05, 4.69) is 5.16 Å². The fourth-order valence-corrected chi connectivity index (χ4v) is 0.792. The molecule has 0 spiro atoms. The van der Waals surface area contributed by atoms with E-state index in [1.54, 1.807) is 0 Å². The van der Waals surface area contributed by atoms with Gasteiger partial charge in [0.1, 0.15) is 0 Å². The highest BCUT2D eigenvalue weighted by Gasteiger charge is 2.08. The molecule has 0 amide bonds. The molecule has 1 aromatic carbocycles. The quantitative estimate of drug-likeness (QED) is 0.158. The number of benzene rings is 1. The zero-order valence-corrected chi connectivity index (χ0v) is 6.10. The Morgan fingerprint density at radius 2 is 2.00 bits per heavy atom. The van der Waals surface area contributed by atoms with Crippen LogP contribution in [-0.2, 0) is 0 Å². The third kappa shape index (κ3) is 1.24. The number of phenolic OH excluding ortho intramolecular Hbond substituents is 2. The maximum absolute atomic E-state index is 9.18. The van der Waals surface area contributed by atoms with Gasteiger partial charge in [-0.05, 0) is 12.1 Å². The number of oxime groups is 1. The van der Waals surface area contributed by atoms with Gasteiger partial charge >= 0.3 is 0 Å². The van der Waals surface area contributed by atoms with Crippen LogP contribution in [-0.4, -0.2) is 21.3 Å². The minimum atomic E-state index is -0.396. The normalized spacial score (nSPS) is 11.5. The summed E-state index contributed by atoms with van der Waals surface area (Å²) in [6.07, 6.45) is 0. The van der Waals surface area contributed by atoms with E-state index in [9.17, 15) is 5.11 Å². The smallest absolute Gasteiger partial charge is 0.173 e. The lowest BCUT2D eigenvalue weighted by atomic mass is 10.2. The molecule has 0 aliphatic heterocycles. The molecular weight excluding hydrogens is 160 g/mol. The summed E-state index contributed by atoms with van der Waals surface area (Å²) in [5.74, 6) is -0.949. The first-order valence-corrected chi connectivity index (χ1v) is 3.15. The summed E-state index contributed by atoms with van der Waals surface area (Å²) in [5.41, 5.74) is 5.29. The van der Waals surface area contributed by atoms with E-state index in [-0.39, 0.29) is 17.1 Å². The van der Waals surface area contributed by atoms with Crippen molar-refractivity contribution in [1.29, 1.82) is 0 Å². The molecule has 5 nitrogen and oxygen atoms in total. The van der Waals surface area contributed by atoms with Crippen LogP contribution in [0.15, 0.2) is 23.4 Å². The zero-order chi connectivity index (χ0) is 9.14. The fraction of sp³-hybridized carbons (Fsp3) is 0. The van der Waals surface area contributed by atoms with Crippen LogP contribution in [0.2, 0.25) is 0 Å². The first-order valence-electron chi connectivity index (χ1n) is 3.15. The van der Waals surface area contributed by atoms with Crippen molar-refractivity contribution in [3.8, 4) is 11.5 Å². The summed E-state index contributed by atoms with van der Waals surface area (Å²) < 4.78 is 0. The molecule has 12 heavy (non-hydrogen) atoms. The summed E-state index contributed by atoms with van der Waals surface area (Å²) in [6, 6.07) is 4.19. The second-order valence-electron chi connectivity index (χ2n) is 2.16. The second kappa shape index (κ2) is 3.00. The van der Waals surface area contributed by atoms with Crippen LogP contribution in [0.4, 0.5) is 0 Å². The summed E-state index contributed by atoms with van der Waals surface area (Å²) in [4.78, 5) is 0. The minimum Gasteiger partial charge on any atom is -0.504 e. The van der Waals surface area contributed by atoms with Crippen molar-refractivity contribution in [2.45, 2.75) is 0 Å². The van der Waals surface area contributed by atoms with Crippen molar-refractivity contribution >= 4 is 5.84 Å². The Labute approximate surface area is 68.4 Å². The number of hydrogen-bond donors (Lipinski definition) is 4. The molecule has 0 heterocycles. The average Bonchev–Trinajstić information content (AvgIpc) is 2.08. The van der Waals surface area contributed by atoms with Gasteiger partial charge in [0.2, 0.25) is 0 Å². The van der Waals surface area contributed by atoms with Gasteiger partial charge in [0.15, 0.2) is 17.3 Å². The molecule has 0 atom stereocenters. The molecule has 1 rings (SSSR count). The molecule has 0 radical (unpaired) electrons. The van der Waals surface area contributed by atoms with Crippen molar-refractivity contribution < 1.29 is 15.4 Å². The Hall–Kier alpha value is -1.91. The van der Waals surface area contributed by atoms with Crippen LogP contribution in [0.1, 0.15) is 5.56 Å². The van der Waals surface area contributed by atoms with E-state index in [1.165, 1.54) is 18.2 Å². The molecule has 0 fully saturated rings. The molecule has 64 valence electrons. The molecule has 0 aromatic heterocycles. The second-order valence-corrected chi connectivity index (χ2v) is 2.16. The maximum atomic E-state index is 9.18. The number of hydrogen-bond acceptors (Lipinski definition) is 4. The van der Waals surface area contributed by atoms with E-state index >= 15 is 0 Å². The number of nitrogens with zero attached hydrogens (tertiary/aromatic N) is 1. The highest BCUT2D eigenvalue weighted by atomic mass is 16.4. The largest absolute Gasteiger partial charge is 0.504 e. The Balaban J connectivity index is 3.26. The zero-order valence-electron chi connectivity index (χ0n) is 6.10. The minimum absolute atomic E-state index is 0.0949. The van der Waals surface area contributed by atoms with E-state index in [4.69, 9.17) is 16.0 Å². The van der Waals surface area contributed by atoms with Crippen LogP contribution >= 0.6 is 0 Å². The van der Waals surface area contributed by atoms with E-state index in [0.717, 1.165) is 0 Å². The number of nitrogens with two attached hydrogens (primary N) is 1. The van der Waals surface area contributed by atoms with Gasteiger partial charge in [-0.25, -0.2) is 0 Å². The van der Waals surface area contributed by atoms with Crippen LogP contribution < -0.4 is 5.73 Å². The van der Waals surface area contributed by atoms with Crippen molar-refractivity contribution in [1.82, 2.24) is 0 Å². The molecule has 5 heteroatoms. The monoisotopic (exact) mass is 168 g/mol. The number of phenols is 2. The van der Waals surface area contributed by atoms with E-state index < -0.39 is 5.75 Å². The van der Waals surface area contributed by atoms with Gasteiger partial charge in [0.05, 0.1) is 5.56 Å². The summed E-state index contributed by atoms with van der Waals surface area (Å²) in [6.45, 7) is 0. The Bertz CT molecular complexity index is 322. The van der Waals surface area contributed by atoms with Crippen LogP contribution in [0, 0.1) is 0 Å². The SMILES string of the molecule is NC(=NO)c1cccc(O)c1O. The third-order valence-corrected chi connectivity index (χ3v) is 1.40. The van der Waals surface area contributed by atoms with Crippen LogP contribution in [0.3, 0.4) is 0 Å². The van der Waals surface area contributed by atoms with Crippen molar-refractivity contribution in [3.63, 3.8) is 0 Å². The molecule has 0 aliphatic rings. The van der Waals surface area contributed by atoms with Gasteiger partial charge in [-0.15, -0.1) is 0 Å². The fourth-order valence-electron chi connectivity index (χ4n) is 0.792. The van der Waals surface area contributed by atoms with Crippen molar-refractivity contribution in [3.05, 3.63) is 23.8 Å². The van der Waals surface area contributed by atoms with Crippen LogP contribution in [0.25, 0.3) is 0 Å². The lowest BCUT2D eigenvalue weighted by Crippen LogP contribution is -2.12. The molecule has 0 aliphatic carbocycles. The van der Waals surface area contributed by atoms with Crippen molar-refractivity contribution in [2.24, 2.45) is 10.9 Å². The van der Waals surface area contributed by atoms with Gasteiger partial charge < -0.3 is 21.2 Å². The summed E-state index contributed by atoms with van der Waals surface area (Å²) in [7, 11) is 0. The Morgan fingerprint density at radius 3 is 2.58 bits per heavy atom. The summed E-state index contributed by atoms with van der Waals surface area (Å²) >= 11 is 0. The molecule has 0 unspecified atom stereocenters. The Kier molecular flexibility index (Phi) is 2.05. The number of para-hydroxylation sites is 1. The van der Waals surface area contributed by atoms with Crippen LogP contribution in [0.5, 0.6) is 11.5 Å². The molecular formula is C7H8N2O3. The average molecular weight is 168 g/mol. The van der Waals surface area contributed by atoms with E-state index in [1.807, 2.05) is 0 Å². The van der Waals surface area contributed by atoms with Gasteiger partial charge in [0.25, 0.3) is 0 Å². The van der Waals surface area contributed by atoms with Gasteiger partial charge in [-0.1, -0.05) is 11.2 Å². The summed E-state index contributed by atoms with van der Waals surface area (Å²) in [5, 5.41) is 29.1. The van der Waals surface area contributed by atoms with E-state index in [0.29, 0.717) is 0 Å². The number of aromatic hydroxyl groups is 2. The first kappa shape index (κ1) is 8.19. The first-order chi connectivity index (χ1) is 5.66. The topological polar surface area (TPSA) is 99.1 Å². The van der Waals surface area contributed by atoms with Gasteiger partial charge in [-0.2, -0.15) is 0 Å². The number of rotatable bonds is 1. The highest BCUT2D eigenvalue weighted by Crippen LogP contribution is 2.27. The number of amidine groups is 1. The Morgan fingerprint density at radius 1 is 1.33 bits per heavy atom. The molecule has 1 aromatic rings. The predicted octanol–water partition coefficient (Wildman–Crippen LogP) is 0.192. The highest BCUT2D eigenvalue weighted by molar-refractivity contribution is 6.00. The lowest BCUT2D eigenvalue weighted by molar-refractivity contribution is 0.318. The predicted molar refractivity (Wildman–Crippen MR) is 42.3 cm³/mol. The lowest BCUT2D eigenvalue weighted by Gasteiger charge is -2.02. The van der Waals surface area contributed by atoms with Gasteiger partial charge in [0, 0.05) is 0 Å². The molecule has 0 bridgehead atoms. The standard InChI is InChI=1S/C7H8N2O3/c8-7(9-12)4-2-1-3-5(10)6(4)11/h1-3,10-12H,(H2,8,9). The molecule has 0 saturated heterocycles. The van der Waals surface area contributed by atoms with Gasteiger partial charge in [-0.3, -0.25) is 0 Å².